The maximum absolute atomic E-state index is 13.7. The number of aliphatic hydroxyl groups excluding tert-OH is 1. The summed E-state index contributed by atoms with van der Waals surface area (Å²) >= 11 is 0. The normalized spacial score (nSPS) is 23.5. The molecule has 1 aromatic heterocycles. The van der Waals surface area contributed by atoms with Crippen molar-refractivity contribution in [3.05, 3.63) is 42.4 Å². The van der Waals surface area contributed by atoms with Gasteiger partial charge in [-0.1, -0.05) is 19.1 Å². The van der Waals surface area contributed by atoms with Gasteiger partial charge in [-0.2, -0.15) is 8.61 Å². The lowest BCUT2D eigenvalue weighted by atomic mass is 9.93. The molecule has 0 radical (unpaired) electrons. The fourth-order valence-corrected chi connectivity index (χ4v) is 7.74. The Labute approximate surface area is 219 Å². The van der Waals surface area contributed by atoms with E-state index in [4.69, 9.17) is 4.74 Å². The van der Waals surface area contributed by atoms with Crippen LogP contribution in [0.3, 0.4) is 0 Å². The van der Waals surface area contributed by atoms with Gasteiger partial charge >= 0.3 is 0 Å². The van der Waals surface area contributed by atoms with E-state index < -0.39 is 32.2 Å². The second-order valence-corrected chi connectivity index (χ2v) is 13.9. The SMILES string of the molecule is C[C@@H]1CN([C@H](C)CO)S(=O)(=O)c2ccc(C3=CCCCC3)cc2O[C@H]1CN(C)S(=O)(=O)c1cn(C)cn1. The Hall–Kier alpha value is -2.25. The molecule has 1 aliphatic heterocycles. The number of nitrogens with zero attached hydrogens (tertiary/aromatic N) is 4. The summed E-state index contributed by atoms with van der Waals surface area (Å²) in [5.74, 6) is -0.185. The van der Waals surface area contributed by atoms with Gasteiger partial charge in [0.15, 0.2) is 5.03 Å². The zero-order chi connectivity index (χ0) is 27.0. The van der Waals surface area contributed by atoms with Crippen LogP contribution in [0.25, 0.3) is 5.57 Å². The Morgan fingerprint density at radius 1 is 1.30 bits per heavy atom. The molecule has 37 heavy (non-hydrogen) atoms. The third kappa shape index (κ3) is 5.63. The Kier molecular flexibility index (Phi) is 8.15. The van der Waals surface area contributed by atoms with Crippen molar-refractivity contribution in [3.63, 3.8) is 0 Å². The standard InChI is InChI=1S/C25H36N4O6S2/c1-18-13-29(19(2)16-30)36(31,32)24-11-10-21(20-8-6-5-7-9-20)12-22(24)35-23(18)14-28(4)37(33,34)25-15-27(3)17-26-25/h8,10-12,15,17-19,23,30H,5-7,9,13-14,16H2,1-4H3/t18-,19-,23+/m1/s1. The number of ether oxygens (including phenoxy) is 1. The van der Waals surface area contributed by atoms with Crippen LogP contribution in [0.15, 0.2) is 46.7 Å². The monoisotopic (exact) mass is 552 g/mol. The van der Waals surface area contributed by atoms with E-state index in [0.29, 0.717) is 0 Å². The number of allylic oxidation sites excluding steroid dienone is 2. The predicted molar refractivity (Wildman–Crippen MR) is 140 cm³/mol. The van der Waals surface area contributed by atoms with Crippen LogP contribution in [-0.2, 0) is 27.1 Å². The van der Waals surface area contributed by atoms with Crippen molar-refractivity contribution in [3.8, 4) is 5.75 Å². The molecule has 0 fully saturated rings. The minimum atomic E-state index is -3.97. The van der Waals surface area contributed by atoms with Crippen molar-refractivity contribution < 1.29 is 26.7 Å². The molecule has 0 unspecified atom stereocenters. The summed E-state index contributed by atoms with van der Waals surface area (Å²) in [7, 11) is -4.69. The number of aliphatic hydroxyl groups is 1. The van der Waals surface area contributed by atoms with E-state index in [2.05, 4.69) is 11.1 Å². The fourth-order valence-electron chi connectivity index (χ4n) is 4.78. The summed E-state index contributed by atoms with van der Waals surface area (Å²) in [5, 5.41) is 9.77. The average Bonchev–Trinajstić information content (AvgIpc) is 3.33. The highest BCUT2D eigenvalue weighted by Crippen LogP contribution is 2.37. The van der Waals surface area contributed by atoms with E-state index in [9.17, 15) is 21.9 Å². The first-order valence-electron chi connectivity index (χ1n) is 12.5. The molecule has 3 atom stereocenters. The van der Waals surface area contributed by atoms with Gasteiger partial charge < -0.3 is 14.4 Å². The van der Waals surface area contributed by atoms with Gasteiger partial charge in [0.25, 0.3) is 10.0 Å². The quantitative estimate of drug-likeness (QED) is 0.560. The van der Waals surface area contributed by atoms with Crippen LogP contribution in [0, 0.1) is 5.92 Å². The number of aromatic nitrogens is 2. The molecule has 204 valence electrons. The van der Waals surface area contributed by atoms with Crippen LogP contribution < -0.4 is 4.74 Å². The summed E-state index contributed by atoms with van der Waals surface area (Å²) in [6, 6.07) is 4.46. The molecule has 2 heterocycles. The first-order chi connectivity index (χ1) is 17.4. The molecular formula is C25H36N4O6S2. The Balaban J connectivity index is 1.75. The van der Waals surface area contributed by atoms with Gasteiger partial charge in [-0.15, -0.1) is 0 Å². The lowest BCUT2D eigenvalue weighted by molar-refractivity contribution is 0.0904. The van der Waals surface area contributed by atoms with Crippen LogP contribution in [0.2, 0.25) is 0 Å². The van der Waals surface area contributed by atoms with Gasteiger partial charge in [-0.25, -0.2) is 21.8 Å². The smallest absolute Gasteiger partial charge is 0.261 e. The number of hydrogen-bond acceptors (Lipinski definition) is 7. The second kappa shape index (κ2) is 10.9. The lowest BCUT2D eigenvalue weighted by Crippen LogP contribution is -2.50. The van der Waals surface area contributed by atoms with Gasteiger partial charge in [0.2, 0.25) is 10.0 Å². The zero-order valence-electron chi connectivity index (χ0n) is 21.7. The van der Waals surface area contributed by atoms with E-state index in [-0.39, 0.29) is 41.3 Å². The number of rotatable bonds is 7. The van der Waals surface area contributed by atoms with Gasteiger partial charge in [0, 0.05) is 38.8 Å². The summed E-state index contributed by atoms with van der Waals surface area (Å²) in [4.78, 5) is 4.00. The van der Waals surface area contributed by atoms with E-state index in [1.165, 1.54) is 28.2 Å². The van der Waals surface area contributed by atoms with Crippen LogP contribution >= 0.6 is 0 Å². The van der Waals surface area contributed by atoms with E-state index in [0.717, 1.165) is 36.8 Å². The highest BCUT2D eigenvalue weighted by atomic mass is 32.2. The summed E-state index contributed by atoms with van der Waals surface area (Å²) in [5.41, 5.74) is 2.05. The van der Waals surface area contributed by atoms with Crippen molar-refractivity contribution in [2.45, 2.75) is 61.6 Å². The van der Waals surface area contributed by atoms with Crippen molar-refractivity contribution in [2.24, 2.45) is 13.0 Å². The minimum absolute atomic E-state index is 0.00612. The first-order valence-corrected chi connectivity index (χ1v) is 15.4. The number of imidazole rings is 1. The third-order valence-corrected chi connectivity index (χ3v) is 10.9. The van der Waals surface area contributed by atoms with Gasteiger partial charge in [0.05, 0.1) is 19.5 Å². The van der Waals surface area contributed by atoms with Crippen molar-refractivity contribution in [2.75, 3.05) is 26.7 Å². The molecule has 1 aromatic carbocycles. The average molecular weight is 553 g/mol. The molecular weight excluding hydrogens is 516 g/mol. The third-order valence-electron chi connectivity index (χ3n) is 7.12. The molecule has 0 spiro atoms. The van der Waals surface area contributed by atoms with Crippen molar-refractivity contribution >= 4 is 25.6 Å². The molecule has 0 saturated carbocycles. The van der Waals surface area contributed by atoms with E-state index in [1.807, 2.05) is 6.92 Å². The van der Waals surface area contributed by atoms with Gasteiger partial charge in [-0.3, -0.25) is 0 Å². The molecule has 0 amide bonds. The molecule has 10 nitrogen and oxygen atoms in total. The maximum atomic E-state index is 13.7. The second-order valence-electron chi connectivity index (χ2n) is 10.0. The van der Waals surface area contributed by atoms with Gasteiger partial charge in [-0.05, 0) is 55.9 Å². The highest BCUT2D eigenvalue weighted by Gasteiger charge is 2.39. The van der Waals surface area contributed by atoms with Crippen molar-refractivity contribution in [1.82, 2.24) is 18.2 Å². The molecule has 1 N–H and O–H groups in total. The number of fused-ring (bicyclic) bond motifs is 1. The number of likely N-dealkylation sites (N-methyl/N-ethyl adjacent to an activating group) is 1. The minimum Gasteiger partial charge on any atom is -0.487 e. The Bertz CT molecular complexity index is 1370. The number of aryl methyl sites for hydroxylation is 1. The molecule has 0 bridgehead atoms. The fraction of sp³-hybridized carbons (Fsp3) is 0.560. The molecule has 1 aliphatic carbocycles. The molecule has 2 aliphatic rings. The summed E-state index contributed by atoms with van der Waals surface area (Å²) in [6.45, 7) is 3.20. The lowest BCUT2D eigenvalue weighted by Gasteiger charge is -2.37. The molecule has 0 saturated heterocycles. The molecule has 12 heteroatoms. The van der Waals surface area contributed by atoms with Crippen LogP contribution in [-0.4, -0.2) is 79.0 Å². The Morgan fingerprint density at radius 2 is 2.05 bits per heavy atom. The zero-order valence-corrected chi connectivity index (χ0v) is 23.4. The number of sulfonamides is 2. The van der Waals surface area contributed by atoms with Crippen LogP contribution in [0.5, 0.6) is 5.75 Å². The van der Waals surface area contributed by atoms with E-state index >= 15 is 0 Å². The number of hydrogen-bond donors (Lipinski definition) is 1. The first kappa shape index (κ1) is 27.8. The molecule has 2 aromatic rings. The highest BCUT2D eigenvalue weighted by molar-refractivity contribution is 7.89. The van der Waals surface area contributed by atoms with Crippen molar-refractivity contribution in [1.29, 1.82) is 0 Å². The summed E-state index contributed by atoms with van der Waals surface area (Å²) < 4.78 is 64.1. The van der Waals surface area contributed by atoms with E-state index in [1.54, 1.807) is 36.7 Å². The topological polar surface area (TPSA) is 122 Å². The predicted octanol–water partition coefficient (Wildman–Crippen LogP) is 2.47. The Morgan fingerprint density at radius 3 is 2.68 bits per heavy atom. The maximum Gasteiger partial charge on any atom is 0.261 e. The summed E-state index contributed by atoms with van der Waals surface area (Å²) in [6.07, 6.45) is 8.46. The van der Waals surface area contributed by atoms with Crippen LogP contribution in [0.1, 0.15) is 45.1 Å². The van der Waals surface area contributed by atoms with Crippen LogP contribution in [0.4, 0.5) is 0 Å². The number of benzene rings is 1. The largest absolute Gasteiger partial charge is 0.487 e. The molecule has 4 rings (SSSR count). The van der Waals surface area contributed by atoms with Gasteiger partial charge in [0.1, 0.15) is 16.7 Å².